The molecule has 43 heavy (non-hydrogen) atoms. The molecule has 1 heterocycles. The molecule has 250 valence electrons. The third kappa shape index (κ3) is 16.0. The molecule has 1 rings (SSSR count). The molecular formula is C33H60N2O8. The number of nitrogens with one attached hydrogen (secondary N) is 1. The number of likely N-dealkylation sites (N-methyl/N-ethyl adjacent to an activating group) is 1. The van der Waals surface area contributed by atoms with E-state index >= 15 is 0 Å². The molecule has 0 aromatic heterocycles. The van der Waals surface area contributed by atoms with Gasteiger partial charge in [0.25, 0.3) is 5.91 Å². The number of unbranched alkanes of at least 4 members (excludes halogenated alkanes) is 11. The topological polar surface area (TPSA) is 146 Å². The molecule has 0 aromatic rings. The van der Waals surface area contributed by atoms with Crippen LogP contribution in [0.15, 0.2) is 12.2 Å². The summed E-state index contributed by atoms with van der Waals surface area (Å²) in [6.45, 7) is 6.24. The Kier molecular flexibility index (Phi) is 20.4. The minimum Gasteiger partial charge on any atom is -0.460 e. The standard InChI is InChI=1S/C33H60N2O8/c1-6-7-8-9-10-11-12-13-14-15-16-17-18-28(37)43-25-20-21-26(33(41)35(4)23-25)34-32(40)31(42-5)30(39)29(38)27(36)22-19-24(2)3/h19,22,24-27,29-31,36,38-39H,6-18,20-21,23H2,1-5H3,(H,34,40). The van der Waals surface area contributed by atoms with E-state index in [-0.39, 0.29) is 30.8 Å². The van der Waals surface area contributed by atoms with Gasteiger partial charge in [-0.1, -0.05) is 104 Å². The second kappa shape index (κ2) is 22.5. The maximum atomic E-state index is 13.0. The molecule has 0 spiro atoms. The first-order valence-electron chi connectivity index (χ1n) is 16.5. The lowest BCUT2D eigenvalue weighted by Gasteiger charge is -2.28. The van der Waals surface area contributed by atoms with Crippen molar-refractivity contribution in [2.24, 2.45) is 5.92 Å². The van der Waals surface area contributed by atoms with Crippen LogP contribution in [0, 0.1) is 5.92 Å². The molecule has 10 nitrogen and oxygen atoms in total. The van der Waals surface area contributed by atoms with E-state index in [1.807, 2.05) is 13.8 Å². The monoisotopic (exact) mass is 612 g/mol. The van der Waals surface area contributed by atoms with Crippen molar-refractivity contribution >= 4 is 17.8 Å². The van der Waals surface area contributed by atoms with Crippen LogP contribution < -0.4 is 5.32 Å². The summed E-state index contributed by atoms with van der Waals surface area (Å²) in [7, 11) is 2.78. The summed E-state index contributed by atoms with van der Waals surface area (Å²) in [6, 6.07) is -0.912. The third-order valence-corrected chi connectivity index (χ3v) is 7.99. The number of hydrogen-bond donors (Lipinski definition) is 4. The molecule has 1 aliphatic heterocycles. The predicted molar refractivity (Wildman–Crippen MR) is 167 cm³/mol. The maximum Gasteiger partial charge on any atom is 0.306 e. The van der Waals surface area contributed by atoms with Crippen molar-refractivity contribution in [1.29, 1.82) is 0 Å². The van der Waals surface area contributed by atoms with Crippen LogP contribution in [0.3, 0.4) is 0 Å². The van der Waals surface area contributed by atoms with Crippen LogP contribution in [0.25, 0.3) is 0 Å². The Bertz CT molecular complexity index is 821. The first kappa shape index (κ1) is 39.0. The van der Waals surface area contributed by atoms with E-state index in [2.05, 4.69) is 12.2 Å². The number of ether oxygens (including phenoxy) is 2. The number of aliphatic hydroxyl groups is 3. The van der Waals surface area contributed by atoms with E-state index in [4.69, 9.17) is 9.47 Å². The average molecular weight is 613 g/mol. The number of likely N-dealkylation sites (tertiary alicyclic amines) is 1. The number of amides is 2. The Hall–Kier alpha value is -2.01. The van der Waals surface area contributed by atoms with Gasteiger partial charge in [0, 0.05) is 20.6 Å². The van der Waals surface area contributed by atoms with Crippen molar-refractivity contribution in [3.63, 3.8) is 0 Å². The highest BCUT2D eigenvalue weighted by Gasteiger charge is 2.38. The number of carbonyl (C=O) groups is 3. The predicted octanol–water partition coefficient (Wildman–Crippen LogP) is 4.04. The number of methoxy groups -OCH3 is 1. The zero-order valence-corrected chi connectivity index (χ0v) is 27.3. The van der Waals surface area contributed by atoms with Crippen LogP contribution >= 0.6 is 0 Å². The lowest BCUT2D eigenvalue weighted by Crippen LogP contribution is -2.55. The summed E-state index contributed by atoms with van der Waals surface area (Å²) >= 11 is 0. The molecule has 1 aliphatic rings. The molecule has 0 aliphatic carbocycles. The number of nitrogens with zero attached hydrogens (tertiary/aromatic N) is 1. The molecular weight excluding hydrogens is 552 g/mol. The fraction of sp³-hybridized carbons (Fsp3) is 0.848. The highest BCUT2D eigenvalue weighted by Crippen LogP contribution is 2.18. The maximum absolute atomic E-state index is 13.0. The molecule has 10 heteroatoms. The van der Waals surface area contributed by atoms with E-state index in [0.29, 0.717) is 12.8 Å². The van der Waals surface area contributed by atoms with Gasteiger partial charge in [0.2, 0.25) is 5.91 Å². The molecule has 1 saturated heterocycles. The van der Waals surface area contributed by atoms with E-state index in [1.54, 1.807) is 13.1 Å². The lowest BCUT2D eigenvalue weighted by molar-refractivity contribution is -0.151. The van der Waals surface area contributed by atoms with Gasteiger partial charge in [-0.05, 0) is 25.2 Å². The number of hydrogen-bond acceptors (Lipinski definition) is 8. The summed E-state index contributed by atoms with van der Waals surface area (Å²) in [6.07, 6.45) is 11.8. The molecule has 6 unspecified atom stereocenters. The second-order valence-electron chi connectivity index (χ2n) is 12.4. The highest BCUT2D eigenvalue weighted by molar-refractivity contribution is 5.89. The van der Waals surface area contributed by atoms with Crippen LogP contribution in [0.5, 0.6) is 0 Å². The summed E-state index contributed by atoms with van der Waals surface area (Å²) in [5, 5.41) is 33.6. The largest absolute Gasteiger partial charge is 0.460 e. The third-order valence-electron chi connectivity index (χ3n) is 7.99. The average Bonchev–Trinajstić information content (AvgIpc) is 3.09. The summed E-state index contributed by atoms with van der Waals surface area (Å²) in [5.74, 6) is -1.29. The Labute approximate surface area is 259 Å². The Balaban J connectivity index is 2.43. The smallest absolute Gasteiger partial charge is 0.306 e. The van der Waals surface area contributed by atoms with Crippen molar-refractivity contribution < 1.29 is 39.2 Å². The first-order valence-corrected chi connectivity index (χ1v) is 16.5. The zero-order valence-electron chi connectivity index (χ0n) is 27.3. The second-order valence-corrected chi connectivity index (χ2v) is 12.4. The fourth-order valence-corrected chi connectivity index (χ4v) is 5.30. The summed E-state index contributed by atoms with van der Waals surface area (Å²) < 4.78 is 10.8. The van der Waals surface area contributed by atoms with E-state index in [9.17, 15) is 29.7 Å². The van der Waals surface area contributed by atoms with Gasteiger partial charge in [-0.25, -0.2) is 0 Å². The minimum absolute atomic E-state index is 0.122. The van der Waals surface area contributed by atoms with Gasteiger partial charge in [-0.2, -0.15) is 0 Å². The molecule has 2 amide bonds. The van der Waals surface area contributed by atoms with Crippen LogP contribution in [0.1, 0.15) is 117 Å². The van der Waals surface area contributed by atoms with Crippen molar-refractivity contribution in [3.8, 4) is 0 Å². The minimum atomic E-state index is -1.73. The van der Waals surface area contributed by atoms with Gasteiger partial charge in [0.1, 0.15) is 30.5 Å². The molecule has 0 bridgehead atoms. The van der Waals surface area contributed by atoms with Gasteiger partial charge >= 0.3 is 5.97 Å². The molecule has 1 fully saturated rings. The first-order chi connectivity index (χ1) is 20.5. The van der Waals surface area contributed by atoms with Crippen molar-refractivity contribution in [1.82, 2.24) is 10.2 Å². The Morgan fingerprint density at radius 3 is 2.00 bits per heavy atom. The molecule has 0 radical (unpaired) electrons. The number of aliphatic hydroxyl groups excluding tert-OH is 3. The van der Waals surface area contributed by atoms with Crippen LogP contribution in [-0.2, 0) is 23.9 Å². The van der Waals surface area contributed by atoms with Crippen molar-refractivity contribution in [2.45, 2.75) is 154 Å². The Morgan fingerprint density at radius 2 is 1.47 bits per heavy atom. The quantitative estimate of drug-likeness (QED) is 0.0815. The highest BCUT2D eigenvalue weighted by atomic mass is 16.5. The molecule has 0 aromatic carbocycles. The van der Waals surface area contributed by atoms with Crippen molar-refractivity contribution in [2.75, 3.05) is 20.7 Å². The fourth-order valence-electron chi connectivity index (χ4n) is 5.30. The van der Waals surface area contributed by atoms with Crippen molar-refractivity contribution in [3.05, 3.63) is 12.2 Å². The normalized spacial score (nSPS) is 20.6. The summed E-state index contributed by atoms with van der Waals surface area (Å²) in [5.41, 5.74) is 0. The number of carbonyl (C=O) groups excluding carboxylic acids is 3. The van der Waals surface area contributed by atoms with E-state index < -0.39 is 42.5 Å². The van der Waals surface area contributed by atoms with Gasteiger partial charge in [0.05, 0.1) is 6.54 Å². The van der Waals surface area contributed by atoms with Crippen LogP contribution in [0.4, 0.5) is 0 Å². The SMILES string of the molecule is CCCCCCCCCCCCCCC(=O)OC1CCC(NC(=O)C(OC)C(O)C(O)C(O)C=CC(C)C)C(=O)N(C)C1. The van der Waals surface area contributed by atoms with E-state index in [0.717, 1.165) is 19.3 Å². The summed E-state index contributed by atoms with van der Waals surface area (Å²) in [4.78, 5) is 39.8. The number of rotatable bonds is 22. The Morgan fingerprint density at radius 1 is 0.907 bits per heavy atom. The number of esters is 1. The molecule has 4 N–H and O–H groups in total. The molecule has 0 saturated carbocycles. The number of allylic oxidation sites excluding steroid dienone is 1. The van der Waals surface area contributed by atoms with Gasteiger partial charge in [0.15, 0.2) is 6.10 Å². The van der Waals surface area contributed by atoms with Crippen LogP contribution in [0.2, 0.25) is 0 Å². The van der Waals surface area contributed by atoms with Gasteiger partial charge < -0.3 is 35.0 Å². The van der Waals surface area contributed by atoms with Gasteiger partial charge in [-0.15, -0.1) is 0 Å². The van der Waals surface area contributed by atoms with Gasteiger partial charge in [-0.3, -0.25) is 14.4 Å². The van der Waals surface area contributed by atoms with E-state index in [1.165, 1.54) is 75.9 Å². The zero-order chi connectivity index (χ0) is 32.2. The lowest BCUT2D eigenvalue weighted by atomic mass is 10.00. The molecule has 6 atom stereocenters. The van der Waals surface area contributed by atoms with Crippen LogP contribution in [-0.4, -0.2) is 95.3 Å².